The van der Waals surface area contributed by atoms with Gasteiger partial charge in [-0.3, -0.25) is 9.59 Å². The summed E-state index contributed by atoms with van der Waals surface area (Å²) in [5, 5.41) is 2.92. The number of aryl methyl sites for hydroxylation is 2. The fourth-order valence-electron chi connectivity index (χ4n) is 3.79. The lowest BCUT2D eigenvalue weighted by atomic mass is 9.98. The van der Waals surface area contributed by atoms with E-state index in [1.165, 1.54) is 0 Å². The lowest BCUT2D eigenvalue weighted by molar-refractivity contribution is -0.596. The number of nitrogens with zero attached hydrogens (tertiary/aromatic N) is 1. The number of hydrogen-bond acceptors (Lipinski definition) is 3. The zero-order valence-electron chi connectivity index (χ0n) is 18.3. The summed E-state index contributed by atoms with van der Waals surface area (Å²) in [4.78, 5) is 25.9. The topological polar surface area (TPSA) is 70.4 Å². The second-order valence-corrected chi connectivity index (χ2v) is 7.90. The van der Waals surface area contributed by atoms with Crippen molar-refractivity contribution in [2.45, 2.75) is 25.9 Å². The summed E-state index contributed by atoms with van der Waals surface area (Å²) in [6.45, 7) is 4.04. The molecule has 0 aliphatic carbocycles. The highest BCUT2D eigenvalue weighted by Crippen LogP contribution is 2.26. The number of benzene rings is 3. The number of rotatable bonds is 5. The van der Waals surface area contributed by atoms with Crippen molar-refractivity contribution in [2.24, 2.45) is 0 Å². The molecule has 6 heteroatoms. The molecular formula is C26H26N3O3+. The van der Waals surface area contributed by atoms with Gasteiger partial charge in [0, 0.05) is 16.7 Å². The van der Waals surface area contributed by atoms with Crippen molar-refractivity contribution in [3.63, 3.8) is 0 Å². The molecule has 6 nitrogen and oxygen atoms in total. The number of carbonyl (C=O) groups is 2. The van der Waals surface area contributed by atoms with Gasteiger partial charge in [-0.25, -0.2) is 0 Å². The van der Waals surface area contributed by atoms with Crippen molar-refractivity contribution in [1.29, 1.82) is 0 Å². The third-order valence-electron chi connectivity index (χ3n) is 5.66. The van der Waals surface area contributed by atoms with Gasteiger partial charge >= 0.3 is 5.91 Å². The van der Waals surface area contributed by atoms with Crippen molar-refractivity contribution in [2.75, 3.05) is 7.11 Å². The molecule has 0 saturated carbocycles. The van der Waals surface area contributed by atoms with Gasteiger partial charge in [-0.15, -0.1) is 10.1 Å². The Kier molecular flexibility index (Phi) is 6.03. The van der Waals surface area contributed by atoms with E-state index in [0.717, 1.165) is 22.3 Å². The number of hydrogen-bond donors (Lipinski definition) is 2. The molecule has 32 heavy (non-hydrogen) atoms. The van der Waals surface area contributed by atoms with Crippen LogP contribution >= 0.6 is 0 Å². The van der Waals surface area contributed by atoms with E-state index < -0.39 is 12.1 Å². The Labute approximate surface area is 187 Å². The number of hydrazone groups is 1. The molecule has 3 aromatic carbocycles. The first kappa shape index (κ1) is 21.3. The number of nitrogens with one attached hydrogen (secondary N) is 2. The number of carbonyl (C=O) groups excluding carboxylic acids is 2. The van der Waals surface area contributed by atoms with E-state index >= 15 is 0 Å². The first-order chi connectivity index (χ1) is 15.5. The minimum atomic E-state index is -0.757. The van der Waals surface area contributed by atoms with E-state index in [2.05, 4.69) is 10.7 Å². The van der Waals surface area contributed by atoms with Gasteiger partial charge in [-0.1, -0.05) is 48.0 Å². The van der Waals surface area contributed by atoms with Gasteiger partial charge in [0.2, 0.25) is 12.3 Å². The van der Waals surface area contributed by atoms with Gasteiger partial charge in [0.25, 0.3) is 5.91 Å². The Hall–Kier alpha value is -3.93. The molecule has 1 saturated heterocycles. The maximum absolute atomic E-state index is 13.0. The quantitative estimate of drug-likeness (QED) is 0.613. The van der Waals surface area contributed by atoms with Crippen LogP contribution in [0.1, 0.15) is 38.7 Å². The lowest BCUT2D eigenvalue weighted by Crippen LogP contribution is -2.42. The van der Waals surface area contributed by atoms with Crippen LogP contribution in [0.2, 0.25) is 0 Å². The van der Waals surface area contributed by atoms with E-state index in [-0.39, 0.29) is 11.8 Å². The second-order valence-electron chi connectivity index (χ2n) is 7.90. The molecule has 4 rings (SSSR count). The maximum Gasteiger partial charge on any atom is 0.304 e. The molecule has 2 atom stereocenters. The van der Waals surface area contributed by atoms with Crippen molar-refractivity contribution in [3.8, 4) is 5.75 Å². The lowest BCUT2D eigenvalue weighted by Gasteiger charge is -2.15. The smallest absolute Gasteiger partial charge is 0.304 e. The standard InChI is InChI=1S/C26H25N3O3/c1-17-8-10-19(11-9-17)24-23(27-25(30)20-12-14-22(32-3)15-13-20)26(31)28-29(24)16-21-7-5-4-6-18(21)2/h4-16,23-24H,1-3H3,(H-,27,28,30,31)/p+1/b29-16-/t23-,24+/m0/s1. The fraction of sp³-hybridized carbons (Fsp3) is 0.192. The van der Waals surface area contributed by atoms with Crippen molar-refractivity contribution in [1.82, 2.24) is 10.7 Å². The molecule has 1 aliphatic rings. The molecule has 2 amide bonds. The number of amides is 2. The Morgan fingerprint density at radius 2 is 1.69 bits per heavy atom. The van der Waals surface area contributed by atoms with Crippen LogP contribution in [0.25, 0.3) is 0 Å². The summed E-state index contributed by atoms with van der Waals surface area (Å²) in [6, 6.07) is 21.6. The molecule has 1 fully saturated rings. The van der Waals surface area contributed by atoms with Gasteiger partial charge < -0.3 is 10.1 Å². The highest BCUT2D eigenvalue weighted by Gasteiger charge is 2.47. The van der Waals surface area contributed by atoms with Gasteiger partial charge in [0.05, 0.1) is 7.11 Å². The fourth-order valence-corrected chi connectivity index (χ4v) is 3.79. The zero-order chi connectivity index (χ0) is 22.7. The summed E-state index contributed by atoms with van der Waals surface area (Å²) >= 11 is 0. The van der Waals surface area contributed by atoms with Crippen LogP contribution in [-0.2, 0) is 4.79 Å². The maximum atomic E-state index is 13.0. The number of ether oxygens (including phenoxy) is 1. The number of hydrazine groups is 1. The summed E-state index contributed by atoms with van der Waals surface area (Å²) in [5.74, 6) is 0.0848. The van der Waals surface area contributed by atoms with E-state index in [1.807, 2.05) is 68.6 Å². The molecule has 162 valence electrons. The molecule has 0 unspecified atom stereocenters. The molecule has 1 aliphatic heterocycles. The van der Waals surface area contributed by atoms with E-state index in [0.29, 0.717) is 11.3 Å². The largest absolute Gasteiger partial charge is 0.497 e. The summed E-state index contributed by atoms with van der Waals surface area (Å²) in [5.41, 5.74) is 7.52. The van der Waals surface area contributed by atoms with E-state index in [4.69, 9.17) is 4.74 Å². The summed E-state index contributed by atoms with van der Waals surface area (Å²) in [6.07, 6.45) is 1.91. The zero-order valence-corrected chi connectivity index (χ0v) is 18.3. The highest BCUT2D eigenvalue weighted by atomic mass is 16.5. The molecular weight excluding hydrogens is 402 g/mol. The molecule has 0 aromatic heterocycles. The first-order valence-corrected chi connectivity index (χ1v) is 10.5. The van der Waals surface area contributed by atoms with Crippen molar-refractivity contribution in [3.05, 3.63) is 101 Å². The SMILES string of the molecule is COc1ccc(C(=O)N[C@@H]2C(=O)N/[N+](=C\c3ccccc3C)[C@@H]2c2ccc(C)cc2)cc1. The van der Waals surface area contributed by atoms with Crippen molar-refractivity contribution >= 4 is 18.0 Å². The van der Waals surface area contributed by atoms with Crippen LogP contribution < -0.4 is 15.5 Å². The highest BCUT2D eigenvalue weighted by molar-refractivity contribution is 5.98. The van der Waals surface area contributed by atoms with Gasteiger partial charge in [-0.05, 0) is 49.7 Å². The second kappa shape index (κ2) is 9.06. The summed E-state index contributed by atoms with van der Waals surface area (Å²) in [7, 11) is 1.57. The third kappa shape index (κ3) is 4.39. The molecule has 3 aromatic rings. The Balaban J connectivity index is 1.69. The monoisotopic (exact) mass is 428 g/mol. The average molecular weight is 429 g/mol. The Morgan fingerprint density at radius 1 is 1.00 bits per heavy atom. The van der Waals surface area contributed by atoms with E-state index in [1.54, 1.807) is 36.1 Å². The van der Waals surface area contributed by atoms with E-state index in [9.17, 15) is 9.59 Å². The van der Waals surface area contributed by atoms with Crippen molar-refractivity contribution < 1.29 is 19.0 Å². The molecule has 1 heterocycles. The average Bonchev–Trinajstić information content (AvgIpc) is 3.10. The molecule has 0 radical (unpaired) electrons. The summed E-state index contributed by atoms with van der Waals surface area (Å²) < 4.78 is 6.94. The predicted molar refractivity (Wildman–Crippen MR) is 123 cm³/mol. The van der Waals surface area contributed by atoms with Gasteiger partial charge in [-0.2, -0.15) is 0 Å². The van der Waals surface area contributed by atoms with Crippen LogP contribution in [0.3, 0.4) is 0 Å². The molecule has 0 spiro atoms. The predicted octanol–water partition coefficient (Wildman–Crippen LogP) is 3.33. The van der Waals surface area contributed by atoms with Crippen LogP contribution in [0.4, 0.5) is 0 Å². The molecule has 0 bridgehead atoms. The minimum absolute atomic E-state index is 0.262. The Morgan fingerprint density at radius 3 is 2.34 bits per heavy atom. The minimum Gasteiger partial charge on any atom is -0.497 e. The van der Waals surface area contributed by atoms with Gasteiger partial charge in [0.15, 0.2) is 6.04 Å². The normalized spacial score (nSPS) is 19.0. The third-order valence-corrected chi connectivity index (χ3v) is 5.66. The van der Waals surface area contributed by atoms with Gasteiger partial charge in [0.1, 0.15) is 5.75 Å². The van der Waals surface area contributed by atoms with Crippen LogP contribution in [0.5, 0.6) is 5.75 Å². The van der Waals surface area contributed by atoms with Crippen LogP contribution in [0.15, 0.2) is 72.8 Å². The van der Waals surface area contributed by atoms with Crippen LogP contribution in [-0.4, -0.2) is 35.9 Å². The number of methoxy groups -OCH3 is 1. The molecule has 2 N–H and O–H groups in total. The first-order valence-electron chi connectivity index (χ1n) is 10.5. The van der Waals surface area contributed by atoms with Crippen LogP contribution in [0, 0.1) is 13.8 Å². The Bertz CT molecular complexity index is 1170.